The second kappa shape index (κ2) is 11.4. The van der Waals surface area contributed by atoms with E-state index >= 15 is 0 Å². The van der Waals surface area contributed by atoms with Crippen LogP contribution in [0.15, 0.2) is 12.5 Å². The van der Waals surface area contributed by atoms with Crippen molar-refractivity contribution in [1.82, 2.24) is 25.9 Å². The number of hydrogen-bond donors (Lipinski definition) is 7. The average Bonchev–Trinajstić information content (AvgIpc) is 3.16. The molecule has 1 aromatic rings. The number of aromatic amines is 1. The van der Waals surface area contributed by atoms with Crippen LogP contribution in [-0.4, -0.2) is 74.5 Å². The van der Waals surface area contributed by atoms with Gasteiger partial charge in [-0.3, -0.25) is 24.0 Å². The minimum atomic E-state index is -1.32. The fourth-order valence-corrected chi connectivity index (χ4v) is 2.26. The van der Waals surface area contributed by atoms with Gasteiger partial charge in [0, 0.05) is 24.7 Å². The molecular weight excluding hydrogens is 388 g/mol. The van der Waals surface area contributed by atoms with Gasteiger partial charge in [-0.2, -0.15) is 0 Å². The second-order valence-electron chi connectivity index (χ2n) is 6.17. The first kappa shape index (κ1) is 23.6. The quantitative estimate of drug-likeness (QED) is 0.190. The number of imidazole rings is 1. The van der Waals surface area contributed by atoms with Crippen molar-refractivity contribution in [1.29, 1.82) is 0 Å². The van der Waals surface area contributed by atoms with Crippen LogP contribution in [-0.2, 0) is 30.4 Å². The number of aromatic nitrogens is 2. The van der Waals surface area contributed by atoms with Crippen molar-refractivity contribution in [2.24, 2.45) is 5.73 Å². The lowest BCUT2D eigenvalue weighted by molar-refractivity contribution is -0.142. The van der Waals surface area contributed by atoms with Crippen LogP contribution < -0.4 is 21.7 Å². The summed E-state index contributed by atoms with van der Waals surface area (Å²) in [6.07, 6.45) is 2.11. The lowest BCUT2D eigenvalue weighted by atomic mass is 10.1. The number of nitrogens with two attached hydrogens (primary N) is 1. The van der Waals surface area contributed by atoms with E-state index in [2.05, 4.69) is 25.9 Å². The van der Waals surface area contributed by atoms with Crippen molar-refractivity contribution >= 4 is 29.7 Å². The number of nitrogens with zero attached hydrogens (tertiary/aromatic N) is 1. The summed E-state index contributed by atoms with van der Waals surface area (Å²) in [5.74, 6) is -4.74. The molecule has 13 nitrogen and oxygen atoms in total. The molecule has 0 bridgehead atoms. The highest BCUT2D eigenvalue weighted by Crippen LogP contribution is 2.04. The molecule has 1 rings (SSSR count). The number of carbonyl (C=O) groups is 5. The normalized spacial score (nSPS) is 13.6. The van der Waals surface area contributed by atoms with E-state index in [0.29, 0.717) is 5.69 Å². The lowest BCUT2D eigenvalue weighted by Crippen LogP contribution is -2.56. The summed E-state index contributed by atoms with van der Waals surface area (Å²) >= 11 is 0. The molecule has 29 heavy (non-hydrogen) atoms. The number of rotatable bonds is 12. The van der Waals surface area contributed by atoms with Crippen molar-refractivity contribution in [3.05, 3.63) is 18.2 Å². The van der Waals surface area contributed by atoms with Crippen molar-refractivity contribution in [2.75, 3.05) is 6.54 Å². The van der Waals surface area contributed by atoms with Crippen LogP contribution in [0.3, 0.4) is 0 Å². The molecule has 0 aromatic carbocycles. The van der Waals surface area contributed by atoms with E-state index in [0.717, 1.165) is 0 Å². The fraction of sp³-hybridized carbons (Fsp3) is 0.500. The largest absolute Gasteiger partial charge is 0.481 e. The van der Waals surface area contributed by atoms with Crippen molar-refractivity contribution in [3.8, 4) is 0 Å². The Morgan fingerprint density at radius 2 is 1.76 bits per heavy atom. The molecule has 1 heterocycles. The first-order valence-electron chi connectivity index (χ1n) is 8.66. The molecule has 0 aliphatic rings. The SMILES string of the molecule is CC(NC(=O)C(CCC(=O)O)NC(=O)C(Cc1cnc[nH]1)NC(=O)CN)C(=O)O. The highest BCUT2D eigenvalue weighted by molar-refractivity contribution is 5.93. The van der Waals surface area contributed by atoms with E-state index in [4.69, 9.17) is 15.9 Å². The van der Waals surface area contributed by atoms with Gasteiger partial charge in [0.15, 0.2) is 0 Å². The Bertz CT molecular complexity index is 736. The van der Waals surface area contributed by atoms with Gasteiger partial charge >= 0.3 is 11.9 Å². The maximum Gasteiger partial charge on any atom is 0.325 e. The maximum atomic E-state index is 12.7. The minimum absolute atomic E-state index is 0.0103. The molecule has 0 spiro atoms. The van der Waals surface area contributed by atoms with Gasteiger partial charge in [-0.1, -0.05) is 0 Å². The Labute approximate surface area is 165 Å². The van der Waals surface area contributed by atoms with Gasteiger partial charge < -0.3 is 36.9 Å². The number of amides is 3. The smallest absolute Gasteiger partial charge is 0.325 e. The Balaban J connectivity index is 2.93. The van der Waals surface area contributed by atoms with Gasteiger partial charge in [-0.15, -0.1) is 0 Å². The van der Waals surface area contributed by atoms with E-state index in [1.54, 1.807) is 0 Å². The van der Waals surface area contributed by atoms with Gasteiger partial charge in [-0.05, 0) is 13.3 Å². The average molecular weight is 412 g/mol. The summed E-state index contributed by atoms with van der Waals surface area (Å²) in [5, 5.41) is 24.7. The Morgan fingerprint density at radius 1 is 1.10 bits per heavy atom. The van der Waals surface area contributed by atoms with Gasteiger partial charge in [0.2, 0.25) is 17.7 Å². The van der Waals surface area contributed by atoms with E-state index < -0.39 is 54.2 Å². The number of hydrogen-bond acceptors (Lipinski definition) is 7. The molecule has 3 atom stereocenters. The highest BCUT2D eigenvalue weighted by atomic mass is 16.4. The number of carbonyl (C=O) groups excluding carboxylic acids is 3. The lowest BCUT2D eigenvalue weighted by Gasteiger charge is -2.23. The van der Waals surface area contributed by atoms with E-state index in [-0.39, 0.29) is 19.4 Å². The number of nitrogens with one attached hydrogen (secondary N) is 4. The summed E-state index contributed by atoms with van der Waals surface area (Å²) in [5.41, 5.74) is 5.78. The van der Waals surface area contributed by atoms with Crippen LogP contribution in [0.25, 0.3) is 0 Å². The zero-order valence-corrected chi connectivity index (χ0v) is 15.7. The molecule has 3 unspecified atom stereocenters. The maximum absolute atomic E-state index is 12.7. The van der Waals surface area contributed by atoms with Crippen molar-refractivity contribution in [2.45, 2.75) is 44.3 Å². The third-order valence-corrected chi connectivity index (χ3v) is 3.83. The van der Waals surface area contributed by atoms with Crippen molar-refractivity contribution in [3.63, 3.8) is 0 Å². The topological polar surface area (TPSA) is 217 Å². The minimum Gasteiger partial charge on any atom is -0.481 e. The molecule has 0 saturated heterocycles. The molecule has 160 valence electrons. The van der Waals surface area contributed by atoms with Crippen LogP contribution in [0.5, 0.6) is 0 Å². The Hall–Kier alpha value is -3.48. The molecule has 0 saturated carbocycles. The fourth-order valence-electron chi connectivity index (χ4n) is 2.26. The predicted octanol–water partition coefficient (Wildman–Crippen LogP) is -2.67. The monoisotopic (exact) mass is 412 g/mol. The van der Waals surface area contributed by atoms with E-state index in [9.17, 15) is 24.0 Å². The molecular formula is C16H24N6O7. The second-order valence-corrected chi connectivity index (χ2v) is 6.17. The van der Waals surface area contributed by atoms with Crippen LogP contribution in [0.1, 0.15) is 25.5 Å². The number of H-pyrrole nitrogens is 1. The van der Waals surface area contributed by atoms with Gasteiger partial charge in [0.1, 0.15) is 18.1 Å². The molecule has 0 fully saturated rings. The van der Waals surface area contributed by atoms with Crippen molar-refractivity contribution < 1.29 is 34.2 Å². The molecule has 0 aliphatic carbocycles. The van der Waals surface area contributed by atoms with Gasteiger partial charge in [0.05, 0.1) is 12.9 Å². The van der Waals surface area contributed by atoms with Crippen LogP contribution >= 0.6 is 0 Å². The third-order valence-electron chi connectivity index (χ3n) is 3.83. The third kappa shape index (κ3) is 8.38. The Morgan fingerprint density at radius 3 is 2.28 bits per heavy atom. The molecule has 0 aliphatic heterocycles. The number of carboxylic acid groups (broad SMARTS) is 2. The summed E-state index contributed by atoms with van der Waals surface area (Å²) in [6, 6.07) is -3.69. The van der Waals surface area contributed by atoms with Crippen LogP contribution in [0.4, 0.5) is 0 Å². The van der Waals surface area contributed by atoms with Crippen LogP contribution in [0, 0.1) is 0 Å². The predicted molar refractivity (Wildman–Crippen MR) is 97.3 cm³/mol. The first-order valence-corrected chi connectivity index (χ1v) is 8.66. The zero-order chi connectivity index (χ0) is 22.0. The molecule has 0 radical (unpaired) electrons. The standard InChI is InChI=1S/C16H24N6O7/c1-8(16(28)29)20-14(26)10(2-3-13(24)25)22-15(27)11(21-12(23)5-17)4-9-6-18-7-19-9/h6-8,10-11H,2-5,17H2,1H3,(H,18,19)(H,20,26)(H,21,23)(H,22,27)(H,24,25)(H,28,29). The number of aliphatic carboxylic acids is 2. The van der Waals surface area contributed by atoms with E-state index in [1.165, 1.54) is 19.4 Å². The zero-order valence-electron chi connectivity index (χ0n) is 15.7. The summed E-state index contributed by atoms with van der Waals surface area (Å²) in [4.78, 5) is 65.0. The molecule has 3 amide bonds. The van der Waals surface area contributed by atoms with Gasteiger partial charge in [-0.25, -0.2) is 4.98 Å². The number of carboxylic acids is 2. The Kier molecular flexibility index (Phi) is 9.25. The molecule has 13 heteroatoms. The highest BCUT2D eigenvalue weighted by Gasteiger charge is 2.29. The summed E-state index contributed by atoms with van der Waals surface area (Å²) in [7, 11) is 0. The summed E-state index contributed by atoms with van der Waals surface area (Å²) in [6.45, 7) is 0.852. The van der Waals surface area contributed by atoms with Gasteiger partial charge in [0.25, 0.3) is 0 Å². The molecule has 8 N–H and O–H groups in total. The van der Waals surface area contributed by atoms with E-state index in [1.807, 2.05) is 0 Å². The van der Waals surface area contributed by atoms with Crippen LogP contribution in [0.2, 0.25) is 0 Å². The summed E-state index contributed by atoms with van der Waals surface area (Å²) < 4.78 is 0. The first-order chi connectivity index (χ1) is 13.6. The molecule has 1 aromatic heterocycles.